The number of methoxy groups -OCH3 is 1. The smallest absolute Gasteiger partial charge is 0.306 e. The molecular weight excluding hydrogens is 291 g/mol. The van der Waals surface area contributed by atoms with Gasteiger partial charge in [0.2, 0.25) is 5.82 Å². The quantitative estimate of drug-likeness (QED) is 0.694. The lowest BCUT2D eigenvalue weighted by molar-refractivity contribution is -0.387. The fourth-order valence-electron chi connectivity index (χ4n) is 2.03. The van der Waals surface area contributed by atoms with E-state index in [0.29, 0.717) is 5.75 Å². The minimum Gasteiger partial charge on any atom is -0.496 e. The number of carbonyl (C=O) groups excluding carboxylic acids is 1. The van der Waals surface area contributed by atoms with Gasteiger partial charge < -0.3 is 10.1 Å². The van der Waals surface area contributed by atoms with Gasteiger partial charge in [0.25, 0.3) is 5.91 Å². The molecule has 2 aromatic carbocycles. The van der Waals surface area contributed by atoms with Crippen molar-refractivity contribution >= 4 is 17.3 Å². The molecule has 2 aromatic rings. The number of nitrogens with zero attached hydrogens (tertiary/aromatic N) is 1. The largest absolute Gasteiger partial charge is 0.496 e. The molecule has 0 heterocycles. The van der Waals surface area contributed by atoms with Gasteiger partial charge >= 0.3 is 5.69 Å². The highest BCUT2D eigenvalue weighted by molar-refractivity contribution is 6.06. The first kappa shape index (κ1) is 15.4. The zero-order valence-corrected chi connectivity index (χ0v) is 11.9. The van der Waals surface area contributed by atoms with Crippen LogP contribution in [-0.2, 0) is 0 Å². The standard InChI is InChI=1S/C15H13FN2O4/c1-9-4-3-5-11(14(9)22-2)15(19)17-10-6-7-12(16)13(8-10)18(20)21/h3-8H,1-2H3,(H,17,19). The van der Waals surface area contributed by atoms with E-state index in [4.69, 9.17) is 4.74 Å². The molecule has 0 saturated heterocycles. The number of benzene rings is 2. The molecule has 0 aliphatic carbocycles. The lowest BCUT2D eigenvalue weighted by Gasteiger charge is -2.11. The van der Waals surface area contributed by atoms with Gasteiger partial charge in [-0.3, -0.25) is 14.9 Å². The predicted octanol–water partition coefficient (Wildman–Crippen LogP) is 3.30. The molecule has 0 aliphatic heterocycles. The summed E-state index contributed by atoms with van der Waals surface area (Å²) in [6.45, 7) is 1.79. The maximum atomic E-state index is 13.3. The van der Waals surface area contributed by atoms with E-state index in [2.05, 4.69) is 5.32 Å². The average molecular weight is 304 g/mol. The van der Waals surface area contributed by atoms with Crippen LogP contribution in [0.25, 0.3) is 0 Å². The molecule has 1 amide bonds. The molecule has 0 bridgehead atoms. The van der Waals surface area contributed by atoms with Gasteiger partial charge in [-0.1, -0.05) is 12.1 Å². The van der Waals surface area contributed by atoms with Crippen LogP contribution in [0.1, 0.15) is 15.9 Å². The van der Waals surface area contributed by atoms with E-state index < -0.39 is 22.3 Å². The number of aryl methyl sites for hydroxylation is 1. The van der Waals surface area contributed by atoms with E-state index in [1.54, 1.807) is 25.1 Å². The first-order valence-electron chi connectivity index (χ1n) is 6.33. The SMILES string of the molecule is COc1c(C)cccc1C(=O)Nc1ccc(F)c([N+](=O)[O-])c1. The number of anilines is 1. The van der Waals surface area contributed by atoms with Crippen LogP contribution in [-0.4, -0.2) is 17.9 Å². The summed E-state index contributed by atoms with van der Waals surface area (Å²) in [5, 5.41) is 13.2. The first-order chi connectivity index (χ1) is 10.4. The summed E-state index contributed by atoms with van der Waals surface area (Å²) in [7, 11) is 1.45. The normalized spacial score (nSPS) is 10.1. The Balaban J connectivity index is 2.32. The van der Waals surface area contributed by atoms with Crippen LogP contribution in [0, 0.1) is 22.9 Å². The highest BCUT2D eigenvalue weighted by Crippen LogP contribution is 2.26. The van der Waals surface area contributed by atoms with Gasteiger partial charge in [0.05, 0.1) is 17.6 Å². The molecule has 0 aliphatic rings. The Kier molecular flexibility index (Phi) is 4.36. The number of halogens is 1. The van der Waals surface area contributed by atoms with E-state index in [0.717, 1.165) is 17.7 Å². The van der Waals surface area contributed by atoms with Crippen LogP contribution >= 0.6 is 0 Å². The summed E-state index contributed by atoms with van der Waals surface area (Å²) in [5.41, 5.74) is 0.491. The van der Waals surface area contributed by atoms with Crippen molar-refractivity contribution in [3.05, 3.63) is 63.5 Å². The molecule has 2 rings (SSSR count). The lowest BCUT2D eigenvalue weighted by Crippen LogP contribution is -2.14. The van der Waals surface area contributed by atoms with Gasteiger partial charge in [-0.05, 0) is 30.7 Å². The van der Waals surface area contributed by atoms with Gasteiger partial charge in [0.1, 0.15) is 5.75 Å². The van der Waals surface area contributed by atoms with E-state index in [1.165, 1.54) is 13.2 Å². The number of para-hydroxylation sites is 1. The Morgan fingerprint density at radius 2 is 2.05 bits per heavy atom. The Morgan fingerprint density at radius 1 is 1.32 bits per heavy atom. The number of carbonyl (C=O) groups is 1. The molecule has 7 heteroatoms. The monoisotopic (exact) mass is 304 g/mol. The van der Waals surface area contributed by atoms with Crippen molar-refractivity contribution in [3.63, 3.8) is 0 Å². The van der Waals surface area contributed by atoms with Gasteiger partial charge in [-0.25, -0.2) is 0 Å². The molecule has 0 spiro atoms. The summed E-state index contributed by atoms with van der Waals surface area (Å²) >= 11 is 0. The zero-order chi connectivity index (χ0) is 16.3. The second kappa shape index (κ2) is 6.21. The van der Waals surface area contributed by atoms with Crippen molar-refractivity contribution in [2.45, 2.75) is 6.92 Å². The molecular formula is C15H13FN2O4. The third-order valence-electron chi connectivity index (χ3n) is 3.06. The topological polar surface area (TPSA) is 81.5 Å². The average Bonchev–Trinajstić information content (AvgIpc) is 2.48. The van der Waals surface area contributed by atoms with Crippen molar-refractivity contribution in [3.8, 4) is 5.75 Å². The highest BCUT2D eigenvalue weighted by atomic mass is 19.1. The van der Waals surface area contributed by atoms with Gasteiger partial charge in [-0.2, -0.15) is 4.39 Å². The summed E-state index contributed by atoms with van der Waals surface area (Å²) in [6.07, 6.45) is 0. The van der Waals surface area contributed by atoms with Crippen molar-refractivity contribution < 1.29 is 18.8 Å². The van der Waals surface area contributed by atoms with Crippen LogP contribution < -0.4 is 10.1 Å². The fourth-order valence-corrected chi connectivity index (χ4v) is 2.03. The van der Waals surface area contributed by atoms with E-state index in [1.807, 2.05) is 0 Å². The fraction of sp³-hybridized carbons (Fsp3) is 0.133. The van der Waals surface area contributed by atoms with Crippen LogP contribution in [0.2, 0.25) is 0 Å². The number of nitro benzene ring substituents is 1. The predicted molar refractivity (Wildman–Crippen MR) is 78.7 cm³/mol. The summed E-state index contributed by atoms with van der Waals surface area (Å²) in [6, 6.07) is 8.20. The van der Waals surface area contributed by atoms with E-state index in [-0.39, 0.29) is 11.3 Å². The Labute approximate surface area is 125 Å². The minimum absolute atomic E-state index is 0.127. The Bertz CT molecular complexity index is 746. The number of amides is 1. The van der Waals surface area contributed by atoms with E-state index >= 15 is 0 Å². The molecule has 6 nitrogen and oxygen atoms in total. The summed E-state index contributed by atoms with van der Waals surface area (Å²) in [5.74, 6) is -1.05. The van der Waals surface area contributed by atoms with Crippen molar-refractivity contribution in [1.29, 1.82) is 0 Å². The zero-order valence-electron chi connectivity index (χ0n) is 11.9. The number of rotatable bonds is 4. The van der Waals surface area contributed by atoms with Crippen molar-refractivity contribution in [2.75, 3.05) is 12.4 Å². The Morgan fingerprint density at radius 3 is 2.68 bits per heavy atom. The van der Waals surface area contributed by atoms with Crippen LogP contribution in [0.5, 0.6) is 5.75 Å². The second-order valence-corrected chi connectivity index (χ2v) is 4.53. The number of nitrogens with one attached hydrogen (secondary N) is 1. The number of nitro groups is 1. The van der Waals surface area contributed by atoms with Crippen molar-refractivity contribution in [1.82, 2.24) is 0 Å². The van der Waals surface area contributed by atoms with Gasteiger partial charge in [0, 0.05) is 11.8 Å². The van der Waals surface area contributed by atoms with Crippen LogP contribution in [0.15, 0.2) is 36.4 Å². The molecule has 0 aromatic heterocycles. The first-order valence-corrected chi connectivity index (χ1v) is 6.33. The lowest BCUT2D eigenvalue weighted by atomic mass is 10.1. The van der Waals surface area contributed by atoms with Gasteiger partial charge in [-0.15, -0.1) is 0 Å². The summed E-state index contributed by atoms with van der Waals surface area (Å²) < 4.78 is 18.5. The number of ether oxygens (including phenoxy) is 1. The molecule has 114 valence electrons. The molecule has 0 unspecified atom stereocenters. The molecule has 0 radical (unpaired) electrons. The van der Waals surface area contributed by atoms with E-state index in [9.17, 15) is 19.3 Å². The third-order valence-corrected chi connectivity index (χ3v) is 3.06. The van der Waals surface area contributed by atoms with Crippen LogP contribution in [0.3, 0.4) is 0 Å². The molecule has 1 N–H and O–H groups in total. The molecule has 22 heavy (non-hydrogen) atoms. The Hall–Kier alpha value is -2.96. The van der Waals surface area contributed by atoms with Crippen molar-refractivity contribution in [2.24, 2.45) is 0 Å². The molecule has 0 fully saturated rings. The molecule has 0 saturated carbocycles. The third kappa shape index (κ3) is 3.03. The van der Waals surface area contributed by atoms with Gasteiger partial charge in [0.15, 0.2) is 0 Å². The summed E-state index contributed by atoms with van der Waals surface area (Å²) in [4.78, 5) is 22.1. The van der Waals surface area contributed by atoms with Crippen LogP contribution in [0.4, 0.5) is 15.8 Å². The highest BCUT2D eigenvalue weighted by Gasteiger charge is 2.18. The maximum absolute atomic E-state index is 13.3. The maximum Gasteiger partial charge on any atom is 0.306 e. The second-order valence-electron chi connectivity index (χ2n) is 4.53. The number of hydrogen-bond acceptors (Lipinski definition) is 4. The minimum atomic E-state index is -0.962. The number of hydrogen-bond donors (Lipinski definition) is 1. The molecule has 0 atom stereocenters.